The first-order valence-corrected chi connectivity index (χ1v) is 23.6. The van der Waals surface area contributed by atoms with E-state index in [1.807, 2.05) is 24.3 Å². The van der Waals surface area contributed by atoms with Gasteiger partial charge in [-0.1, -0.05) is 25.7 Å². The number of imidazole rings is 4. The average Bonchev–Trinajstić information content (AvgIpc) is 4.15. The summed E-state index contributed by atoms with van der Waals surface area (Å²) in [4.78, 5) is 67.8. The number of carbonyl (C=O) groups excluding carboxylic acids is 2. The number of nitrogens with one attached hydrogen (secondary N) is 6. The predicted octanol–water partition coefficient (Wildman–Crippen LogP) is 7.08. The van der Waals surface area contributed by atoms with Gasteiger partial charge in [0.15, 0.2) is 0 Å². The maximum atomic E-state index is 12.7. The van der Waals surface area contributed by atoms with Crippen molar-refractivity contribution in [2.75, 3.05) is 76.3 Å². The molecule has 6 N–H and O–H groups in total. The molecule has 0 aliphatic carbocycles. The van der Waals surface area contributed by atoms with Crippen LogP contribution in [0.2, 0.25) is 0 Å². The smallest absolute Gasteiger partial charge is 0.220 e. The molecule has 4 aromatic heterocycles. The van der Waals surface area contributed by atoms with Gasteiger partial charge in [-0.15, -0.1) is 0 Å². The molecule has 2 aliphatic heterocycles. The lowest BCUT2D eigenvalue weighted by Gasteiger charge is -2.34. The third-order valence-electron chi connectivity index (χ3n) is 13.2. The third-order valence-corrected chi connectivity index (χ3v) is 13.2. The lowest BCUT2D eigenvalue weighted by molar-refractivity contribution is -0.122. The van der Waals surface area contributed by atoms with Crippen molar-refractivity contribution < 1.29 is 9.59 Å². The van der Waals surface area contributed by atoms with Gasteiger partial charge in [0.2, 0.25) is 11.8 Å². The molecule has 0 atom stereocenters. The molecule has 16 heteroatoms. The van der Waals surface area contributed by atoms with Crippen LogP contribution in [0.3, 0.4) is 0 Å². The summed E-state index contributed by atoms with van der Waals surface area (Å²) < 4.78 is 0. The molecule has 2 saturated heterocycles. The topological polar surface area (TPSA) is 186 Å². The van der Waals surface area contributed by atoms with Gasteiger partial charge in [-0.3, -0.25) is 9.59 Å². The van der Waals surface area contributed by atoms with Gasteiger partial charge in [0, 0.05) is 87.7 Å². The number of H-pyrrole nitrogens is 4. The fraction of sp³-hybridized carbons (Fsp3) is 0.400. The number of fused-ring (bicyclic) bond motifs is 4. The molecule has 0 bridgehead atoms. The first kappa shape index (κ1) is 43.1. The van der Waals surface area contributed by atoms with Crippen molar-refractivity contribution in [2.24, 2.45) is 0 Å². The van der Waals surface area contributed by atoms with Crippen LogP contribution >= 0.6 is 0 Å². The average molecular weight is 889 g/mol. The summed E-state index contributed by atoms with van der Waals surface area (Å²) in [5.74, 6) is 3.14. The minimum absolute atomic E-state index is 0.0253. The molecule has 66 heavy (non-hydrogen) atoms. The summed E-state index contributed by atoms with van der Waals surface area (Å²) >= 11 is 0. The van der Waals surface area contributed by atoms with E-state index in [4.69, 9.17) is 19.9 Å². The molecular weight excluding hydrogens is 829 g/mol. The van der Waals surface area contributed by atoms with Gasteiger partial charge < -0.3 is 50.2 Å². The lowest BCUT2D eigenvalue weighted by atomic mass is 10.1. The number of benzene rings is 4. The van der Waals surface area contributed by atoms with Gasteiger partial charge in [-0.2, -0.15) is 0 Å². The number of piperazine rings is 2. The molecule has 2 fully saturated rings. The molecule has 6 heterocycles. The number of anilines is 2. The zero-order valence-electron chi connectivity index (χ0n) is 38.1. The molecule has 0 radical (unpaired) electrons. The number of rotatable bonds is 17. The van der Waals surface area contributed by atoms with Crippen molar-refractivity contribution in [3.63, 3.8) is 0 Å². The second kappa shape index (κ2) is 19.4. The van der Waals surface area contributed by atoms with E-state index in [1.165, 1.54) is 11.4 Å². The molecule has 0 spiro atoms. The van der Waals surface area contributed by atoms with Gasteiger partial charge in [-0.05, 0) is 99.7 Å². The minimum Gasteiger partial charge on any atom is -0.369 e. The Balaban J connectivity index is 0.606. The molecule has 8 aromatic rings. The number of amides is 2. The lowest BCUT2D eigenvalue weighted by Crippen LogP contribution is -2.44. The second-order valence-electron chi connectivity index (χ2n) is 18.2. The minimum atomic E-state index is 0.0253. The van der Waals surface area contributed by atoms with Crippen LogP contribution in [0.4, 0.5) is 11.4 Å². The fourth-order valence-corrected chi connectivity index (χ4v) is 9.20. The summed E-state index contributed by atoms with van der Waals surface area (Å²) in [6.45, 7) is 9.05. The number of aromatic nitrogens is 8. The quantitative estimate of drug-likeness (QED) is 0.0517. The number of hydrogen-bond donors (Lipinski definition) is 6. The van der Waals surface area contributed by atoms with Gasteiger partial charge in [-0.25, -0.2) is 19.9 Å². The molecule has 2 aliphatic rings. The summed E-state index contributed by atoms with van der Waals surface area (Å²) in [6.07, 6.45) is 6.67. The standard InChI is InChI=1S/C50H60N14O2/c1-61-19-23-63(24-20-61)35-13-17-39-43(29-35)59-49(57-39)33-11-15-37-41(27-33)55-45(53-37)31-51-47(65)9-7-5-3-4-6-8-10-48(66)52-32-46-54-38-16-12-34(28-42(38)56-46)50-58-40-18-14-36(30-44(40)60-50)64-25-21-62(2)22-26-64/h11-18,27-30H,3-10,19-26,31-32H2,1-2H3,(H,51,65)(H,52,66)(H,53,55)(H,54,56)(H,57,59)(H,58,60). The summed E-state index contributed by atoms with van der Waals surface area (Å²) in [6, 6.07) is 25.1. The van der Waals surface area contributed by atoms with E-state index >= 15 is 0 Å². The van der Waals surface area contributed by atoms with Crippen LogP contribution in [0.15, 0.2) is 72.8 Å². The van der Waals surface area contributed by atoms with Crippen LogP contribution in [0.25, 0.3) is 66.9 Å². The van der Waals surface area contributed by atoms with Crippen LogP contribution in [-0.2, 0) is 22.7 Å². The summed E-state index contributed by atoms with van der Waals surface area (Å²) in [7, 11) is 4.34. The molecule has 342 valence electrons. The summed E-state index contributed by atoms with van der Waals surface area (Å²) in [5.41, 5.74) is 11.9. The molecule has 10 rings (SSSR count). The largest absolute Gasteiger partial charge is 0.369 e. The van der Waals surface area contributed by atoms with Crippen molar-refractivity contribution in [2.45, 2.75) is 64.5 Å². The third kappa shape index (κ3) is 10.0. The van der Waals surface area contributed by atoms with E-state index in [9.17, 15) is 9.59 Å². The number of nitrogens with zero attached hydrogens (tertiary/aromatic N) is 8. The Bertz CT molecular complexity index is 2770. The Hall–Kier alpha value is -6.78. The highest BCUT2D eigenvalue weighted by Crippen LogP contribution is 2.29. The molecule has 16 nitrogen and oxygen atoms in total. The zero-order valence-corrected chi connectivity index (χ0v) is 38.1. The van der Waals surface area contributed by atoms with E-state index in [1.54, 1.807) is 0 Å². The van der Waals surface area contributed by atoms with E-state index in [0.29, 0.717) is 25.9 Å². The maximum absolute atomic E-state index is 12.7. The molecular formula is C50H60N14O2. The normalized spacial score (nSPS) is 15.2. The van der Waals surface area contributed by atoms with Gasteiger partial charge in [0.05, 0.1) is 57.2 Å². The highest BCUT2D eigenvalue weighted by atomic mass is 16.2. The van der Waals surface area contributed by atoms with Gasteiger partial charge in [0.1, 0.15) is 23.3 Å². The fourth-order valence-electron chi connectivity index (χ4n) is 9.20. The van der Waals surface area contributed by atoms with E-state index in [-0.39, 0.29) is 11.8 Å². The molecule has 0 unspecified atom stereocenters. The summed E-state index contributed by atoms with van der Waals surface area (Å²) in [5, 5.41) is 6.05. The Morgan fingerprint density at radius 2 is 0.848 bits per heavy atom. The van der Waals surface area contributed by atoms with E-state index < -0.39 is 0 Å². The second-order valence-corrected chi connectivity index (χ2v) is 18.2. The number of carbonyl (C=O) groups is 2. The maximum Gasteiger partial charge on any atom is 0.220 e. The van der Waals surface area contributed by atoms with Gasteiger partial charge >= 0.3 is 0 Å². The Kier molecular flexibility index (Phi) is 12.7. The number of hydrogen-bond acceptors (Lipinski definition) is 10. The SMILES string of the molecule is CN1CCN(c2ccc3nc(-c4ccc5nc(CNC(=O)CCCCCCCCC(=O)NCc6nc7ccc(-c8nc9ccc(N%10CCN(C)CC%10)cc9[nH]8)cc7[nH]6)[nH]c5c4)[nH]c3c2)CC1. The van der Waals surface area contributed by atoms with E-state index in [2.05, 4.69) is 113 Å². The molecule has 2 amide bonds. The first-order chi connectivity index (χ1) is 32.3. The van der Waals surface area contributed by atoms with Crippen molar-refractivity contribution >= 4 is 67.3 Å². The van der Waals surface area contributed by atoms with Crippen molar-refractivity contribution in [3.05, 3.63) is 84.4 Å². The Labute approximate surface area is 384 Å². The van der Waals surface area contributed by atoms with Crippen molar-refractivity contribution in [1.29, 1.82) is 0 Å². The Morgan fingerprint density at radius 1 is 0.470 bits per heavy atom. The first-order valence-electron chi connectivity index (χ1n) is 23.6. The van der Waals surface area contributed by atoms with Crippen LogP contribution in [0.1, 0.15) is 63.0 Å². The number of aromatic amines is 4. The van der Waals surface area contributed by atoms with E-state index in [0.717, 1.165) is 169 Å². The van der Waals surface area contributed by atoms with Crippen LogP contribution in [0, 0.1) is 0 Å². The zero-order chi connectivity index (χ0) is 45.0. The monoisotopic (exact) mass is 889 g/mol. The highest BCUT2D eigenvalue weighted by molar-refractivity contribution is 5.87. The van der Waals surface area contributed by atoms with Crippen LogP contribution < -0.4 is 20.4 Å². The molecule has 0 saturated carbocycles. The number of unbranched alkanes of at least 4 members (excludes halogenated alkanes) is 5. The van der Waals surface area contributed by atoms with Crippen LogP contribution in [-0.4, -0.2) is 128 Å². The van der Waals surface area contributed by atoms with Crippen molar-refractivity contribution in [3.8, 4) is 22.8 Å². The Morgan fingerprint density at radius 3 is 1.29 bits per heavy atom. The van der Waals surface area contributed by atoms with Gasteiger partial charge in [0.25, 0.3) is 0 Å². The highest BCUT2D eigenvalue weighted by Gasteiger charge is 2.18. The molecule has 4 aromatic carbocycles. The van der Waals surface area contributed by atoms with Crippen LogP contribution in [0.5, 0.6) is 0 Å². The number of likely N-dealkylation sites (N-methyl/N-ethyl adjacent to an activating group) is 2. The van der Waals surface area contributed by atoms with Crippen molar-refractivity contribution in [1.82, 2.24) is 60.3 Å². The predicted molar refractivity (Wildman–Crippen MR) is 262 cm³/mol.